The molecule has 1 aliphatic heterocycles. The number of amides is 1. The van der Waals surface area contributed by atoms with Crippen LogP contribution in [0.4, 0.5) is 0 Å². The molecular formula is C16H18N2O4S2. The second-order valence-electron chi connectivity index (χ2n) is 5.55. The van der Waals surface area contributed by atoms with Crippen molar-refractivity contribution in [1.82, 2.24) is 9.88 Å². The normalized spacial score (nSPS) is 17.8. The van der Waals surface area contributed by atoms with Gasteiger partial charge in [-0.3, -0.25) is 4.79 Å². The van der Waals surface area contributed by atoms with E-state index in [1.807, 2.05) is 5.38 Å². The van der Waals surface area contributed by atoms with E-state index in [4.69, 9.17) is 4.74 Å². The molecule has 24 heavy (non-hydrogen) atoms. The first-order valence-corrected chi connectivity index (χ1v) is 10.2. The zero-order valence-electron chi connectivity index (χ0n) is 13.0. The summed E-state index contributed by atoms with van der Waals surface area (Å²) in [5.41, 5.74) is 0. The van der Waals surface area contributed by atoms with Crippen molar-refractivity contribution in [3.8, 4) is 5.19 Å². The fourth-order valence-electron chi connectivity index (χ4n) is 2.59. The Morgan fingerprint density at radius 2 is 2.12 bits per heavy atom. The van der Waals surface area contributed by atoms with Crippen LogP contribution in [-0.4, -0.2) is 49.2 Å². The minimum Gasteiger partial charge on any atom is -0.465 e. The molecule has 8 heteroatoms. The lowest BCUT2D eigenvalue weighted by atomic mass is 10.3. The average molecular weight is 366 g/mol. The summed E-state index contributed by atoms with van der Waals surface area (Å²) in [4.78, 5) is 18.2. The van der Waals surface area contributed by atoms with Crippen molar-refractivity contribution < 1.29 is 17.9 Å². The molecule has 1 aromatic carbocycles. The molecule has 1 aliphatic rings. The number of carbonyl (C=O) groups excluding carboxylic acids is 1. The van der Waals surface area contributed by atoms with E-state index < -0.39 is 9.84 Å². The fourth-order valence-corrected chi connectivity index (χ4v) is 4.39. The third-order valence-electron chi connectivity index (χ3n) is 3.86. The molecule has 0 saturated carbocycles. The number of rotatable bonds is 6. The summed E-state index contributed by atoms with van der Waals surface area (Å²) in [6.45, 7) is 1.06. The second-order valence-corrected chi connectivity index (χ2v) is 8.51. The zero-order valence-corrected chi connectivity index (χ0v) is 14.6. The summed E-state index contributed by atoms with van der Waals surface area (Å²) in [5, 5.41) is 2.43. The molecule has 0 aliphatic carbocycles. The lowest BCUT2D eigenvalue weighted by Crippen LogP contribution is -2.32. The van der Waals surface area contributed by atoms with Crippen LogP contribution in [0.25, 0.3) is 0 Å². The first-order chi connectivity index (χ1) is 11.5. The van der Waals surface area contributed by atoms with E-state index in [-0.39, 0.29) is 29.1 Å². The number of hydrogen-bond donors (Lipinski definition) is 0. The van der Waals surface area contributed by atoms with Crippen LogP contribution in [0.5, 0.6) is 5.19 Å². The van der Waals surface area contributed by atoms with Gasteiger partial charge in [0.15, 0.2) is 9.84 Å². The van der Waals surface area contributed by atoms with Crippen molar-refractivity contribution in [2.75, 3.05) is 18.8 Å². The van der Waals surface area contributed by atoms with E-state index in [0.717, 1.165) is 6.42 Å². The van der Waals surface area contributed by atoms with Crippen LogP contribution >= 0.6 is 11.3 Å². The number of carbonyl (C=O) groups is 1. The van der Waals surface area contributed by atoms with E-state index in [2.05, 4.69) is 4.98 Å². The quantitative estimate of drug-likeness (QED) is 0.781. The molecular weight excluding hydrogens is 348 g/mol. The molecule has 1 saturated heterocycles. The van der Waals surface area contributed by atoms with Gasteiger partial charge in [0, 0.05) is 31.0 Å². The fraction of sp³-hybridized carbons (Fsp3) is 0.375. The molecule has 1 atom stereocenters. The van der Waals surface area contributed by atoms with Crippen LogP contribution < -0.4 is 4.74 Å². The number of benzene rings is 1. The smallest absolute Gasteiger partial charge is 0.273 e. The number of aromatic nitrogens is 1. The first kappa shape index (κ1) is 16.9. The Balaban J connectivity index is 1.51. The summed E-state index contributed by atoms with van der Waals surface area (Å²) in [7, 11) is -3.43. The minimum atomic E-state index is -3.43. The van der Waals surface area contributed by atoms with Crippen LogP contribution in [0, 0.1) is 0 Å². The summed E-state index contributed by atoms with van der Waals surface area (Å²) < 4.78 is 30.2. The molecule has 2 aromatic rings. The van der Waals surface area contributed by atoms with Crippen molar-refractivity contribution in [3.63, 3.8) is 0 Å². The van der Waals surface area contributed by atoms with Gasteiger partial charge < -0.3 is 9.64 Å². The summed E-state index contributed by atoms with van der Waals surface area (Å²) in [6.07, 6.45) is 2.32. The Hall–Kier alpha value is -1.93. The number of nitrogens with zero attached hydrogens (tertiary/aromatic N) is 2. The predicted octanol–water partition coefficient (Wildman–Crippen LogP) is 1.99. The molecule has 1 aromatic heterocycles. The Labute approximate surface area is 145 Å². The van der Waals surface area contributed by atoms with Crippen LogP contribution in [0.15, 0.2) is 46.8 Å². The molecule has 0 radical (unpaired) electrons. The molecule has 0 N–H and O–H groups in total. The Kier molecular flexibility index (Phi) is 5.15. The highest BCUT2D eigenvalue weighted by Crippen LogP contribution is 2.21. The van der Waals surface area contributed by atoms with Crippen molar-refractivity contribution in [3.05, 3.63) is 41.9 Å². The first-order valence-electron chi connectivity index (χ1n) is 7.66. The molecule has 2 heterocycles. The predicted molar refractivity (Wildman–Crippen MR) is 90.8 cm³/mol. The van der Waals surface area contributed by atoms with Gasteiger partial charge in [-0.05, 0) is 12.1 Å². The highest BCUT2D eigenvalue weighted by atomic mass is 32.2. The standard InChI is InChI=1S/C16H18N2O4S2/c19-15(7-11-24(20,21)14-4-2-1-3-5-14)18-9-6-13(12-18)22-16-17-8-10-23-16/h1-5,8,10,13H,6-7,9,11-12H2. The molecule has 0 spiro atoms. The number of ether oxygens (including phenoxy) is 1. The van der Waals surface area contributed by atoms with Crippen LogP contribution in [0.2, 0.25) is 0 Å². The molecule has 1 unspecified atom stereocenters. The van der Waals surface area contributed by atoms with Crippen molar-refractivity contribution in [1.29, 1.82) is 0 Å². The summed E-state index contributed by atoms with van der Waals surface area (Å²) >= 11 is 1.41. The van der Waals surface area contributed by atoms with Gasteiger partial charge in [0.2, 0.25) is 5.91 Å². The van der Waals surface area contributed by atoms with Gasteiger partial charge in [0.1, 0.15) is 6.10 Å². The van der Waals surface area contributed by atoms with E-state index in [0.29, 0.717) is 18.3 Å². The lowest BCUT2D eigenvalue weighted by molar-refractivity contribution is -0.130. The molecule has 3 rings (SSSR count). The van der Waals surface area contributed by atoms with E-state index in [1.165, 1.54) is 11.3 Å². The minimum absolute atomic E-state index is 0.0127. The van der Waals surface area contributed by atoms with Gasteiger partial charge in [-0.2, -0.15) is 0 Å². The highest BCUT2D eigenvalue weighted by molar-refractivity contribution is 7.91. The molecule has 128 valence electrons. The van der Waals surface area contributed by atoms with Gasteiger partial charge in [-0.1, -0.05) is 29.5 Å². The average Bonchev–Trinajstić information content (AvgIpc) is 3.26. The Morgan fingerprint density at radius 3 is 2.83 bits per heavy atom. The third-order valence-corrected chi connectivity index (χ3v) is 6.25. The Bertz CT molecular complexity index is 776. The van der Waals surface area contributed by atoms with Crippen LogP contribution in [0.1, 0.15) is 12.8 Å². The van der Waals surface area contributed by atoms with Crippen molar-refractivity contribution >= 4 is 27.1 Å². The van der Waals surface area contributed by atoms with Gasteiger partial charge in [-0.15, -0.1) is 0 Å². The van der Waals surface area contributed by atoms with E-state index in [1.54, 1.807) is 41.4 Å². The van der Waals surface area contributed by atoms with Gasteiger partial charge >= 0.3 is 0 Å². The number of thiazole rings is 1. The van der Waals surface area contributed by atoms with E-state index in [9.17, 15) is 13.2 Å². The number of hydrogen-bond acceptors (Lipinski definition) is 6. The molecule has 1 fully saturated rings. The summed E-state index contributed by atoms with van der Waals surface area (Å²) in [5.74, 6) is -0.329. The van der Waals surface area contributed by atoms with Gasteiger partial charge in [-0.25, -0.2) is 13.4 Å². The van der Waals surface area contributed by atoms with Gasteiger partial charge in [0.05, 0.1) is 17.2 Å². The SMILES string of the molecule is O=C(CCS(=O)(=O)c1ccccc1)N1CCC(Oc2nccs2)C1. The molecule has 1 amide bonds. The maximum atomic E-state index is 12.3. The van der Waals surface area contributed by atoms with Crippen LogP contribution in [0.3, 0.4) is 0 Å². The monoisotopic (exact) mass is 366 g/mol. The van der Waals surface area contributed by atoms with Gasteiger partial charge in [0.25, 0.3) is 5.19 Å². The van der Waals surface area contributed by atoms with E-state index >= 15 is 0 Å². The summed E-state index contributed by atoms with van der Waals surface area (Å²) in [6, 6.07) is 8.21. The third kappa shape index (κ3) is 4.12. The van der Waals surface area contributed by atoms with Crippen LogP contribution in [-0.2, 0) is 14.6 Å². The zero-order chi connectivity index (χ0) is 17.0. The topological polar surface area (TPSA) is 76.6 Å². The van der Waals surface area contributed by atoms with Crippen molar-refractivity contribution in [2.45, 2.75) is 23.8 Å². The molecule has 0 bridgehead atoms. The Morgan fingerprint density at radius 1 is 1.33 bits per heavy atom. The van der Waals surface area contributed by atoms with Crippen molar-refractivity contribution in [2.24, 2.45) is 0 Å². The maximum Gasteiger partial charge on any atom is 0.273 e. The largest absolute Gasteiger partial charge is 0.465 e. The maximum absolute atomic E-state index is 12.3. The second kappa shape index (κ2) is 7.31. The lowest BCUT2D eigenvalue weighted by Gasteiger charge is -2.16. The molecule has 6 nitrogen and oxygen atoms in total. The number of likely N-dealkylation sites (tertiary alicyclic amines) is 1. The number of sulfone groups is 1. The highest BCUT2D eigenvalue weighted by Gasteiger charge is 2.29.